The first-order valence-corrected chi connectivity index (χ1v) is 8.14. The van der Waals surface area contributed by atoms with Crippen LogP contribution in [0.2, 0.25) is 0 Å². The van der Waals surface area contributed by atoms with Gasteiger partial charge in [-0.15, -0.1) is 11.3 Å². The maximum absolute atomic E-state index is 3.80. The zero-order chi connectivity index (χ0) is 13.2. The van der Waals surface area contributed by atoms with Crippen molar-refractivity contribution < 1.29 is 0 Å². The van der Waals surface area contributed by atoms with Crippen LogP contribution in [0.1, 0.15) is 64.3 Å². The van der Waals surface area contributed by atoms with Crippen LogP contribution in [0.5, 0.6) is 0 Å². The van der Waals surface area contributed by atoms with E-state index in [1.165, 1.54) is 30.6 Å². The highest BCUT2D eigenvalue weighted by Crippen LogP contribution is 2.38. The summed E-state index contributed by atoms with van der Waals surface area (Å²) in [5.74, 6) is 0.910. The molecule has 1 aliphatic rings. The van der Waals surface area contributed by atoms with Gasteiger partial charge in [-0.3, -0.25) is 0 Å². The third kappa shape index (κ3) is 3.58. The minimum Gasteiger partial charge on any atom is -0.307 e. The molecule has 0 aromatic carbocycles. The van der Waals surface area contributed by atoms with Crippen molar-refractivity contribution in [3.8, 4) is 0 Å². The van der Waals surface area contributed by atoms with E-state index in [2.05, 4.69) is 50.5 Å². The van der Waals surface area contributed by atoms with Crippen molar-refractivity contribution in [1.82, 2.24) is 5.32 Å². The predicted octanol–water partition coefficient (Wildman–Crippen LogP) is 5.00. The molecule has 1 aliphatic carbocycles. The fourth-order valence-corrected chi connectivity index (χ4v) is 3.84. The molecule has 1 saturated carbocycles. The summed E-state index contributed by atoms with van der Waals surface area (Å²) in [6, 6.07) is 5.62. The molecule has 2 rings (SSSR count). The first-order valence-electron chi connectivity index (χ1n) is 7.26. The molecule has 0 spiro atoms. The van der Waals surface area contributed by atoms with E-state index in [9.17, 15) is 0 Å². The summed E-state index contributed by atoms with van der Waals surface area (Å²) >= 11 is 1.86. The van der Waals surface area contributed by atoms with Crippen LogP contribution in [0.25, 0.3) is 0 Å². The maximum Gasteiger partial charge on any atom is 0.0388 e. The Kier molecular flexibility index (Phi) is 4.50. The van der Waals surface area contributed by atoms with Crippen LogP contribution in [0, 0.1) is 11.3 Å². The Balaban J connectivity index is 1.80. The lowest BCUT2D eigenvalue weighted by atomic mass is 9.71. The molecule has 1 nitrogen and oxygen atoms in total. The summed E-state index contributed by atoms with van der Waals surface area (Å²) in [5, 5.41) is 5.97. The van der Waals surface area contributed by atoms with E-state index in [-0.39, 0.29) is 0 Å². The first-order chi connectivity index (χ1) is 8.47. The van der Waals surface area contributed by atoms with Crippen LogP contribution in [0.4, 0.5) is 0 Å². The fourth-order valence-electron chi connectivity index (χ4n) is 3.10. The van der Waals surface area contributed by atoms with E-state index in [0.717, 1.165) is 12.0 Å². The molecular weight excluding hydrogens is 238 g/mol. The van der Waals surface area contributed by atoms with Crippen LogP contribution in [0.15, 0.2) is 17.5 Å². The molecular formula is C16H27NS. The molecule has 18 heavy (non-hydrogen) atoms. The topological polar surface area (TPSA) is 12.0 Å². The SMILES string of the molecule is CC(NC1CCC(C(C)(C)C)CC1)c1cccs1. The molecule has 1 N–H and O–H groups in total. The second kappa shape index (κ2) is 5.75. The number of hydrogen-bond donors (Lipinski definition) is 1. The predicted molar refractivity (Wildman–Crippen MR) is 81.1 cm³/mol. The van der Waals surface area contributed by atoms with Crippen LogP contribution in [0.3, 0.4) is 0 Å². The van der Waals surface area contributed by atoms with E-state index >= 15 is 0 Å². The molecule has 1 fully saturated rings. The van der Waals surface area contributed by atoms with Gasteiger partial charge in [-0.2, -0.15) is 0 Å². The number of thiophene rings is 1. The summed E-state index contributed by atoms with van der Waals surface area (Å²) in [7, 11) is 0. The molecule has 102 valence electrons. The van der Waals surface area contributed by atoms with Gasteiger partial charge in [0.25, 0.3) is 0 Å². The summed E-state index contributed by atoms with van der Waals surface area (Å²) in [6.07, 6.45) is 5.46. The minimum atomic E-state index is 0.490. The van der Waals surface area contributed by atoms with Gasteiger partial charge in [0.2, 0.25) is 0 Å². The molecule has 0 saturated heterocycles. The van der Waals surface area contributed by atoms with Crippen molar-refractivity contribution in [3.63, 3.8) is 0 Å². The molecule has 1 aromatic rings. The fraction of sp³-hybridized carbons (Fsp3) is 0.750. The van der Waals surface area contributed by atoms with Crippen molar-refractivity contribution in [2.24, 2.45) is 11.3 Å². The van der Waals surface area contributed by atoms with Gasteiger partial charge in [0, 0.05) is 17.0 Å². The average Bonchev–Trinajstić information content (AvgIpc) is 2.82. The minimum absolute atomic E-state index is 0.490. The Morgan fingerprint density at radius 1 is 1.22 bits per heavy atom. The molecule has 1 heterocycles. The van der Waals surface area contributed by atoms with E-state index in [4.69, 9.17) is 0 Å². The standard InChI is InChI=1S/C16H27NS/c1-12(15-6-5-11-18-15)17-14-9-7-13(8-10-14)16(2,3)4/h5-6,11-14,17H,7-10H2,1-4H3. The van der Waals surface area contributed by atoms with Gasteiger partial charge in [0.05, 0.1) is 0 Å². The van der Waals surface area contributed by atoms with E-state index in [0.29, 0.717) is 11.5 Å². The molecule has 1 aromatic heterocycles. The Labute approximate surface area is 116 Å². The van der Waals surface area contributed by atoms with Gasteiger partial charge in [-0.1, -0.05) is 26.8 Å². The zero-order valence-corrected chi connectivity index (χ0v) is 13.0. The second-order valence-corrected chi connectivity index (χ2v) is 7.80. The molecule has 1 atom stereocenters. The summed E-state index contributed by atoms with van der Waals surface area (Å²) in [4.78, 5) is 1.47. The molecule has 1 unspecified atom stereocenters. The Morgan fingerprint density at radius 2 is 1.89 bits per heavy atom. The van der Waals surface area contributed by atoms with E-state index in [1.807, 2.05) is 11.3 Å². The largest absolute Gasteiger partial charge is 0.307 e. The highest BCUT2D eigenvalue weighted by atomic mass is 32.1. The van der Waals surface area contributed by atoms with Crippen molar-refractivity contribution in [3.05, 3.63) is 22.4 Å². The second-order valence-electron chi connectivity index (χ2n) is 6.82. The zero-order valence-electron chi connectivity index (χ0n) is 12.2. The average molecular weight is 265 g/mol. The molecule has 0 bridgehead atoms. The van der Waals surface area contributed by atoms with Crippen LogP contribution in [-0.2, 0) is 0 Å². The van der Waals surface area contributed by atoms with Gasteiger partial charge < -0.3 is 5.32 Å². The Bertz CT molecular complexity index is 342. The highest BCUT2D eigenvalue weighted by molar-refractivity contribution is 7.10. The maximum atomic E-state index is 3.80. The van der Waals surface area contributed by atoms with Gasteiger partial charge in [0.15, 0.2) is 0 Å². The lowest BCUT2D eigenvalue weighted by Crippen LogP contribution is -2.37. The summed E-state index contributed by atoms with van der Waals surface area (Å²) in [5.41, 5.74) is 0.490. The summed E-state index contributed by atoms with van der Waals surface area (Å²) in [6.45, 7) is 9.46. The first kappa shape index (κ1) is 14.1. The normalized spacial score (nSPS) is 27.1. The van der Waals surface area contributed by atoms with Crippen molar-refractivity contribution in [2.45, 2.75) is 65.5 Å². The van der Waals surface area contributed by atoms with E-state index in [1.54, 1.807) is 0 Å². The lowest BCUT2D eigenvalue weighted by Gasteiger charge is -2.38. The molecule has 2 heteroatoms. The third-order valence-corrected chi connectivity index (χ3v) is 5.46. The quantitative estimate of drug-likeness (QED) is 0.810. The number of hydrogen-bond acceptors (Lipinski definition) is 2. The molecule has 0 amide bonds. The number of rotatable bonds is 3. The molecule has 0 aliphatic heterocycles. The van der Waals surface area contributed by atoms with Crippen LogP contribution >= 0.6 is 11.3 Å². The lowest BCUT2D eigenvalue weighted by molar-refractivity contribution is 0.157. The van der Waals surface area contributed by atoms with Crippen molar-refractivity contribution in [1.29, 1.82) is 0 Å². The van der Waals surface area contributed by atoms with Crippen molar-refractivity contribution in [2.75, 3.05) is 0 Å². The Hall–Kier alpha value is -0.340. The number of nitrogens with one attached hydrogen (secondary N) is 1. The Morgan fingerprint density at radius 3 is 2.39 bits per heavy atom. The van der Waals surface area contributed by atoms with Crippen molar-refractivity contribution >= 4 is 11.3 Å². The van der Waals surface area contributed by atoms with Crippen LogP contribution < -0.4 is 5.32 Å². The highest BCUT2D eigenvalue weighted by Gasteiger charge is 2.30. The van der Waals surface area contributed by atoms with Crippen LogP contribution in [-0.4, -0.2) is 6.04 Å². The smallest absolute Gasteiger partial charge is 0.0388 e. The van der Waals surface area contributed by atoms with Gasteiger partial charge in [0.1, 0.15) is 0 Å². The third-order valence-electron chi connectivity index (χ3n) is 4.41. The van der Waals surface area contributed by atoms with Gasteiger partial charge in [-0.25, -0.2) is 0 Å². The summed E-state index contributed by atoms with van der Waals surface area (Å²) < 4.78 is 0. The van der Waals surface area contributed by atoms with E-state index < -0.39 is 0 Å². The van der Waals surface area contributed by atoms with Gasteiger partial charge >= 0.3 is 0 Å². The molecule has 0 radical (unpaired) electrons. The monoisotopic (exact) mass is 265 g/mol. The van der Waals surface area contributed by atoms with Gasteiger partial charge in [-0.05, 0) is 55.4 Å².